The highest BCUT2D eigenvalue weighted by Crippen LogP contribution is 2.23. The van der Waals surface area contributed by atoms with Crippen molar-refractivity contribution in [2.45, 2.75) is 20.5 Å². The summed E-state index contributed by atoms with van der Waals surface area (Å²) in [7, 11) is 0. The first-order valence-corrected chi connectivity index (χ1v) is 14.3. The molecule has 44 heavy (non-hydrogen) atoms. The zero-order valence-electron chi connectivity index (χ0n) is 23.8. The number of nitrogens with one attached hydrogen (secondary N) is 2. The molecule has 0 fully saturated rings. The highest BCUT2D eigenvalue weighted by molar-refractivity contribution is 9.10. The lowest BCUT2D eigenvalue weighted by Gasteiger charge is -2.10. The van der Waals surface area contributed by atoms with Crippen LogP contribution < -0.4 is 20.2 Å². The van der Waals surface area contributed by atoms with E-state index in [9.17, 15) is 14.0 Å². The number of anilines is 1. The second-order valence-corrected chi connectivity index (χ2v) is 10.6. The van der Waals surface area contributed by atoms with Gasteiger partial charge in [0.2, 0.25) is 0 Å². The van der Waals surface area contributed by atoms with Crippen molar-refractivity contribution in [1.82, 2.24) is 9.99 Å². The van der Waals surface area contributed by atoms with Crippen LogP contribution in [0.15, 0.2) is 105 Å². The van der Waals surface area contributed by atoms with Crippen LogP contribution >= 0.6 is 15.9 Å². The van der Waals surface area contributed by atoms with E-state index in [1.807, 2.05) is 24.3 Å². The first kappa shape index (κ1) is 30.3. The van der Waals surface area contributed by atoms with E-state index in [1.165, 1.54) is 30.5 Å². The minimum absolute atomic E-state index is 0.0643. The molecule has 2 N–H and O–H groups in total. The molecule has 5 rings (SSSR count). The van der Waals surface area contributed by atoms with Crippen molar-refractivity contribution in [3.8, 4) is 17.2 Å². The summed E-state index contributed by atoms with van der Waals surface area (Å²) in [5, 5.41) is 6.58. The van der Waals surface area contributed by atoms with Gasteiger partial charge < -0.3 is 23.8 Å². The van der Waals surface area contributed by atoms with Gasteiger partial charge in [-0.25, -0.2) is 9.82 Å². The molecule has 5 aromatic rings. The highest BCUT2D eigenvalue weighted by atomic mass is 79.9. The molecule has 0 atom stereocenters. The van der Waals surface area contributed by atoms with E-state index in [-0.39, 0.29) is 19.0 Å². The molecule has 0 aliphatic rings. The molecular formula is C33H28BrFN4O5. The SMILES string of the molecule is Cc1ccc(C)n1-c1ccc(OCc2ccc(C(=O)N/N=C/c3cc(Br)ccc3OCC(=O)Nc3cccc(F)c3)o2)cc1. The summed E-state index contributed by atoms with van der Waals surface area (Å²) in [6.45, 7) is 3.94. The number of furan rings is 1. The number of ether oxygens (including phenoxy) is 2. The minimum atomic E-state index is -0.554. The number of halogens is 2. The fraction of sp³-hybridized carbons (Fsp3) is 0.121. The quantitative estimate of drug-likeness (QED) is 0.118. The van der Waals surface area contributed by atoms with Crippen LogP contribution in [0.4, 0.5) is 10.1 Å². The monoisotopic (exact) mass is 658 g/mol. The summed E-state index contributed by atoms with van der Waals surface area (Å²) in [5.41, 5.74) is 6.58. The van der Waals surface area contributed by atoms with Crippen LogP contribution in [-0.2, 0) is 11.4 Å². The zero-order valence-corrected chi connectivity index (χ0v) is 25.4. The fourth-order valence-electron chi connectivity index (χ4n) is 4.37. The number of aromatic nitrogens is 1. The maximum atomic E-state index is 13.4. The van der Waals surface area contributed by atoms with Gasteiger partial charge in [0, 0.05) is 32.8 Å². The van der Waals surface area contributed by atoms with Crippen molar-refractivity contribution in [2.24, 2.45) is 5.10 Å². The molecule has 2 heterocycles. The Balaban J connectivity index is 1.13. The first-order chi connectivity index (χ1) is 21.2. The molecule has 0 aliphatic carbocycles. The molecular weight excluding hydrogens is 631 g/mol. The lowest BCUT2D eigenvalue weighted by molar-refractivity contribution is -0.118. The highest BCUT2D eigenvalue weighted by Gasteiger charge is 2.12. The maximum absolute atomic E-state index is 13.4. The van der Waals surface area contributed by atoms with Crippen LogP contribution in [0.2, 0.25) is 0 Å². The lowest BCUT2D eigenvalue weighted by Crippen LogP contribution is -2.20. The van der Waals surface area contributed by atoms with E-state index in [4.69, 9.17) is 13.9 Å². The Hall–Kier alpha value is -5.16. The van der Waals surface area contributed by atoms with Gasteiger partial charge in [0.15, 0.2) is 12.4 Å². The lowest BCUT2D eigenvalue weighted by atomic mass is 10.2. The Kier molecular flexibility index (Phi) is 9.56. The van der Waals surface area contributed by atoms with E-state index in [2.05, 4.69) is 62.3 Å². The molecule has 224 valence electrons. The van der Waals surface area contributed by atoms with Crippen molar-refractivity contribution in [2.75, 3.05) is 11.9 Å². The van der Waals surface area contributed by atoms with E-state index >= 15 is 0 Å². The summed E-state index contributed by atoms with van der Waals surface area (Å²) in [5.74, 6) is 0.0733. The van der Waals surface area contributed by atoms with E-state index in [0.29, 0.717) is 28.5 Å². The van der Waals surface area contributed by atoms with Crippen LogP contribution in [0.1, 0.15) is 33.3 Å². The van der Waals surface area contributed by atoms with Gasteiger partial charge in [0.1, 0.15) is 29.7 Å². The fourth-order valence-corrected chi connectivity index (χ4v) is 4.75. The number of hydrazone groups is 1. The summed E-state index contributed by atoms with van der Waals surface area (Å²) in [6, 6.07) is 25.7. The van der Waals surface area contributed by atoms with Gasteiger partial charge >= 0.3 is 5.91 Å². The van der Waals surface area contributed by atoms with Crippen molar-refractivity contribution in [3.63, 3.8) is 0 Å². The number of carbonyl (C=O) groups excluding carboxylic acids is 2. The zero-order chi connectivity index (χ0) is 31.1. The molecule has 9 nitrogen and oxygen atoms in total. The van der Waals surface area contributed by atoms with Crippen LogP contribution in [0.25, 0.3) is 5.69 Å². The normalized spacial score (nSPS) is 11.0. The van der Waals surface area contributed by atoms with Gasteiger partial charge in [-0.1, -0.05) is 22.0 Å². The molecule has 3 aromatic carbocycles. The molecule has 0 saturated heterocycles. The molecule has 0 unspecified atom stereocenters. The topological polar surface area (TPSA) is 107 Å². The molecule has 2 amide bonds. The summed E-state index contributed by atoms with van der Waals surface area (Å²) >= 11 is 3.39. The smallest absolute Gasteiger partial charge is 0.307 e. The number of carbonyl (C=O) groups is 2. The van der Waals surface area contributed by atoms with Gasteiger partial charge in [-0.2, -0.15) is 5.10 Å². The number of benzene rings is 3. The third kappa shape index (κ3) is 7.81. The van der Waals surface area contributed by atoms with Crippen LogP contribution in [-0.4, -0.2) is 29.2 Å². The van der Waals surface area contributed by atoms with Crippen molar-refractivity contribution in [1.29, 1.82) is 0 Å². The third-order valence-electron chi connectivity index (χ3n) is 6.44. The van der Waals surface area contributed by atoms with Crippen LogP contribution in [0.5, 0.6) is 11.5 Å². The predicted octanol–water partition coefficient (Wildman–Crippen LogP) is 6.95. The predicted molar refractivity (Wildman–Crippen MR) is 168 cm³/mol. The van der Waals surface area contributed by atoms with Crippen molar-refractivity contribution >= 4 is 39.6 Å². The Morgan fingerprint density at radius 3 is 2.48 bits per heavy atom. The van der Waals surface area contributed by atoms with Gasteiger partial charge in [0.05, 0.1) is 6.21 Å². The van der Waals surface area contributed by atoms with E-state index < -0.39 is 17.6 Å². The van der Waals surface area contributed by atoms with Crippen LogP contribution in [0.3, 0.4) is 0 Å². The Labute approximate surface area is 261 Å². The van der Waals surface area contributed by atoms with Gasteiger partial charge in [0.25, 0.3) is 5.91 Å². The van der Waals surface area contributed by atoms with Gasteiger partial charge in [-0.3, -0.25) is 9.59 Å². The van der Waals surface area contributed by atoms with Gasteiger partial charge in [-0.15, -0.1) is 0 Å². The van der Waals surface area contributed by atoms with E-state index in [1.54, 1.807) is 30.3 Å². The molecule has 0 aliphatic heterocycles. The number of nitrogens with zero attached hydrogens (tertiary/aromatic N) is 2. The molecule has 2 aromatic heterocycles. The maximum Gasteiger partial charge on any atom is 0.307 e. The second-order valence-electron chi connectivity index (χ2n) is 9.73. The van der Waals surface area contributed by atoms with Gasteiger partial charge in [-0.05, 0) is 98.8 Å². The third-order valence-corrected chi connectivity index (χ3v) is 6.93. The molecule has 11 heteroatoms. The summed E-state index contributed by atoms with van der Waals surface area (Å²) < 4.78 is 33.4. The number of rotatable bonds is 11. The molecule has 0 saturated carbocycles. The average molecular weight is 660 g/mol. The van der Waals surface area contributed by atoms with E-state index in [0.717, 1.165) is 21.5 Å². The first-order valence-electron chi connectivity index (χ1n) is 13.5. The Morgan fingerprint density at radius 2 is 1.73 bits per heavy atom. The molecule has 0 radical (unpaired) electrons. The standard InChI is InChI=1S/C33H28BrFN4O5/c1-21-6-7-22(2)39(21)27-9-11-28(12-10-27)42-19-29-13-15-31(44-29)33(41)38-36-18-23-16-24(34)8-14-30(23)43-20-32(40)37-26-5-3-4-25(35)17-26/h3-18H,19-20H2,1-2H3,(H,37,40)(H,38,41)/b36-18+. The average Bonchev–Trinajstić information content (AvgIpc) is 3.62. The minimum Gasteiger partial charge on any atom is -0.486 e. The Morgan fingerprint density at radius 1 is 0.955 bits per heavy atom. The van der Waals surface area contributed by atoms with Crippen molar-refractivity contribution < 1.29 is 27.9 Å². The molecule has 0 spiro atoms. The summed E-state index contributed by atoms with van der Waals surface area (Å²) in [6.07, 6.45) is 1.38. The van der Waals surface area contributed by atoms with Crippen molar-refractivity contribution in [3.05, 3.63) is 130 Å². The number of amides is 2. The largest absolute Gasteiger partial charge is 0.486 e. The number of hydrogen-bond acceptors (Lipinski definition) is 6. The number of aryl methyl sites for hydroxylation is 2. The second kappa shape index (κ2) is 13.9. The Bertz CT molecular complexity index is 1790. The summed E-state index contributed by atoms with van der Waals surface area (Å²) in [4.78, 5) is 24.9. The molecule has 0 bridgehead atoms. The van der Waals surface area contributed by atoms with Crippen LogP contribution in [0, 0.1) is 19.7 Å². The number of hydrogen-bond donors (Lipinski definition) is 2.